The van der Waals surface area contributed by atoms with Gasteiger partial charge in [-0.15, -0.1) is 0 Å². The van der Waals surface area contributed by atoms with Crippen LogP contribution in [0, 0.1) is 0 Å². The van der Waals surface area contributed by atoms with E-state index in [4.69, 9.17) is 15.8 Å². The van der Waals surface area contributed by atoms with Crippen molar-refractivity contribution >= 4 is 21.9 Å². The van der Waals surface area contributed by atoms with Crippen molar-refractivity contribution in [1.82, 2.24) is 9.97 Å². The highest BCUT2D eigenvalue weighted by molar-refractivity contribution is 9.10. The van der Waals surface area contributed by atoms with Crippen LogP contribution in [-0.4, -0.2) is 21.0 Å². The Kier molecular flexibility index (Phi) is 6.37. The summed E-state index contributed by atoms with van der Waals surface area (Å²) in [6.45, 7) is 0. The number of nitrogens with two attached hydrogens (primary N) is 1. The fourth-order valence-corrected chi connectivity index (χ4v) is 2.68. The quantitative estimate of drug-likeness (QED) is 0.482. The first-order valence-electron chi connectivity index (χ1n) is 7.14. The van der Waals surface area contributed by atoms with Gasteiger partial charge in [-0.1, -0.05) is 28.1 Å². The molecule has 4 N–H and O–H groups in total. The fourth-order valence-electron chi connectivity index (χ4n) is 2.26. The fraction of sp³-hybridized carbons (Fsp3) is 0.250. The summed E-state index contributed by atoms with van der Waals surface area (Å²) in [7, 11) is 0. The first-order valence-corrected chi connectivity index (χ1v) is 7.93. The number of allylic oxidation sites excluding steroid dienone is 2. The van der Waals surface area contributed by atoms with Gasteiger partial charge in [-0.25, -0.2) is 4.98 Å². The summed E-state index contributed by atoms with van der Waals surface area (Å²) in [5.41, 5.74) is 1.02. The smallest absolute Gasteiger partial charge is 0.303 e. The molecule has 0 aliphatic heterocycles. The van der Waals surface area contributed by atoms with Crippen LogP contribution in [-0.2, 0) is 9.63 Å². The van der Waals surface area contributed by atoms with Crippen LogP contribution in [0.1, 0.15) is 36.6 Å². The highest BCUT2D eigenvalue weighted by Gasteiger charge is 2.16. The maximum atomic E-state index is 10.6. The Bertz CT molecular complexity index is 671. The minimum Gasteiger partial charge on any atom is -0.481 e. The third-order valence-corrected chi connectivity index (χ3v) is 3.83. The first kappa shape index (κ1) is 17.2. The minimum atomic E-state index is -0.837. The Hall–Kier alpha value is -2.12. The number of imidazole rings is 1. The molecule has 0 saturated heterocycles. The minimum absolute atomic E-state index is 0.0724. The number of hydrogen-bond acceptors (Lipinski definition) is 4. The molecule has 23 heavy (non-hydrogen) atoms. The van der Waals surface area contributed by atoms with E-state index < -0.39 is 5.97 Å². The normalized spacial score (nSPS) is 12.9. The van der Waals surface area contributed by atoms with Crippen LogP contribution in [0.15, 0.2) is 53.0 Å². The van der Waals surface area contributed by atoms with E-state index in [2.05, 4.69) is 25.9 Å². The highest BCUT2D eigenvalue weighted by atomic mass is 79.9. The van der Waals surface area contributed by atoms with Crippen LogP contribution in [0.25, 0.3) is 0 Å². The Balaban J connectivity index is 2.26. The van der Waals surface area contributed by atoms with E-state index in [-0.39, 0.29) is 12.3 Å². The predicted molar refractivity (Wildman–Crippen MR) is 89.4 cm³/mol. The van der Waals surface area contributed by atoms with E-state index in [0.717, 1.165) is 15.9 Å². The van der Waals surface area contributed by atoms with Gasteiger partial charge < -0.3 is 14.9 Å². The maximum absolute atomic E-state index is 10.6. The Morgan fingerprint density at radius 1 is 1.48 bits per heavy atom. The summed E-state index contributed by atoms with van der Waals surface area (Å²) < 4.78 is 0.959. The lowest BCUT2D eigenvalue weighted by Crippen LogP contribution is -2.06. The molecule has 1 atom stereocenters. The van der Waals surface area contributed by atoms with Crippen molar-refractivity contribution in [2.75, 3.05) is 0 Å². The number of carboxylic acids is 1. The molecule has 0 radical (unpaired) electrons. The molecule has 0 bridgehead atoms. The van der Waals surface area contributed by atoms with Gasteiger partial charge in [-0.3, -0.25) is 4.79 Å². The molecule has 0 spiro atoms. The van der Waals surface area contributed by atoms with E-state index in [9.17, 15) is 4.79 Å². The molecule has 0 aliphatic carbocycles. The number of H-pyrrole nitrogens is 1. The summed E-state index contributed by atoms with van der Waals surface area (Å²) in [5.74, 6) is 5.64. The number of hydrogen-bond donors (Lipinski definition) is 3. The molecule has 0 saturated carbocycles. The van der Waals surface area contributed by atoms with E-state index in [1.54, 1.807) is 12.4 Å². The van der Waals surface area contributed by atoms with Crippen LogP contribution in [0.2, 0.25) is 0 Å². The molecule has 0 amide bonds. The van der Waals surface area contributed by atoms with Crippen LogP contribution in [0.4, 0.5) is 0 Å². The van der Waals surface area contributed by atoms with Gasteiger partial charge in [-0.05, 0) is 30.2 Å². The van der Waals surface area contributed by atoms with Gasteiger partial charge in [-0.2, -0.15) is 5.90 Å². The lowest BCUT2D eigenvalue weighted by atomic mass is 9.96. The average Bonchev–Trinajstić information content (AvgIpc) is 3.04. The summed E-state index contributed by atoms with van der Waals surface area (Å²) in [4.78, 5) is 23.0. The molecule has 2 aromatic rings. The second-order valence-electron chi connectivity index (χ2n) is 5.01. The summed E-state index contributed by atoms with van der Waals surface area (Å²) in [6.07, 6.45) is 6.28. The molecule has 6 nitrogen and oxygen atoms in total. The number of aliphatic carboxylic acids is 1. The van der Waals surface area contributed by atoms with Gasteiger partial charge in [0.1, 0.15) is 11.6 Å². The van der Waals surface area contributed by atoms with E-state index in [1.807, 2.05) is 30.3 Å². The van der Waals surface area contributed by atoms with Crippen LogP contribution in [0.3, 0.4) is 0 Å². The van der Waals surface area contributed by atoms with Gasteiger partial charge in [0.05, 0.1) is 5.92 Å². The number of aromatic nitrogens is 2. The molecule has 1 heterocycles. The molecule has 122 valence electrons. The maximum Gasteiger partial charge on any atom is 0.303 e. The standard InChI is InChI=1S/C16H18BrN3O3/c17-12-4-1-3-11(9-12)14(16-19-7-8-20-16)10-13(23-18)5-2-6-15(21)22/h1,3-4,7-10,14H,2,5-6,18H2,(H,19,20)(H,21,22). The average molecular weight is 380 g/mol. The van der Waals surface area contributed by atoms with Gasteiger partial charge in [0.25, 0.3) is 0 Å². The highest BCUT2D eigenvalue weighted by Crippen LogP contribution is 2.28. The first-order chi connectivity index (χ1) is 11.1. The predicted octanol–water partition coefficient (Wildman–Crippen LogP) is 3.33. The van der Waals surface area contributed by atoms with Crippen molar-refractivity contribution in [2.45, 2.75) is 25.2 Å². The number of nitrogens with one attached hydrogen (secondary N) is 1. The Morgan fingerprint density at radius 3 is 2.91 bits per heavy atom. The number of nitrogens with zero attached hydrogens (tertiary/aromatic N) is 1. The van der Waals surface area contributed by atoms with Gasteiger partial charge in [0, 0.05) is 29.7 Å². The molecule has 1 aromatic carbocycles. The van der Waals surface area contributed by atoms with Crippen molar-refractivity contribution in [2.24, 2.45) is 5.90 Å². The van der Waals surface area contributed by atoms with E-state index >= 15 is 0 Å². The molecular weight excluding hydrogens is 362 g/mol. The molecule has 2 rings (SSSR count). The zero-order valence-electron chi connectivity index (χ0n) is 12.4. The Labute approximate surface area is 142 Å². The van der Waals surface area contributed by atoms with Crippen LogP contribution >= 0.6 is 15.9 Å². The van der Waals surface area contributed by atoms with Crippen molar-refractivity contribution in [1.29, 1.82) is 0 Å². The van der Waals surface area contributed by atoms with Crippen molar-refractivity contribution in [3.05, 3.63) is 64.4 Å². The number of benzene rings is 1. The van der Waals surface area contributed by atoms with Gasteiger partial charge in [0.2, 0.25) is 0 Å². The monoisotopic (exact) mass is 379 g/mol. The second-order valence-corrected chi connectivity index (χ2v) is 5.92. The lowest BCUT2D eigenvalue weighted by Gasteiger charge is -2.14. The molecule has 1 unspecified atom stereocenters. The largest absolute Gasteiger partial charge is 0.481 e. The molecule has 0 fully saturated rings. The molecule has 7 heteroatoms. The SMILES string of the molecule is NOC(=CC(c1cccc(Br)c1)c1ncc[nH]1)CCCC(=O)O. The topological polar surface area (TPSA) is 101 Å². The van der Waals surface area contributed by atoms with E-state index in [1.165, 1.54) is 0 Å². The number of carboxylic acid groups (broad SMARTS) is 1. The lowest BCUT2D eigenvalue weighted by molar-refractivity contribution is -0.137. The van der Waals surface area contributed by atoms with E-state index in [0.29, 0.717) is 18.6 Å². The molecule has 1 aromatic heterocycles. The molecule has 0 aliphatic rings. The number of rotatable bonds is 8. The zero-order chi connectivity index (χ0) is 16.7. The van der Waals surface area contributed by atoms with Crippen molar-refractivity contribution in [3.8, 4) is 0 Å². The summed E-state index contributed by atoms with van der Waals surface area (Å²) in [5, 5.41) is 8.73. The van der Waals surface area contributed by atoms with Crippen molar-refractivity contribution < 1.29 is 14.7 Å². The number of carbonyl (C=O) groups is 1. The van der Waals surface area contributed by atoms with Crippen LogP contribution in [0.5, 0.6) is 0 Å². The van der Waals surface area contributed by atoms with Gasteiger partial charge >= 0.3 is 5.97 Å². The van der Waals surface area contributed by atoms with Gasteiger partial charge in [0.15, 0.2) is 0 Å². The van der Waals surface area contributed by atoms with Crippen LogP contribution < -0.4 is 5.90 Å². The third-order valence-electron chi connectivity index (χ3n) is 3.34. The summed E-state index contributed by atoms with van der Waals surface area (Å²) >= 11 is 3.46. The second kappa shape index (κ2) is 8.50. The number of aromatic amines is 1. The Morgan fingerprint density at radius 2 is 2.30 bits per heavy atom. The third kappa shape index (κ3) is 5.22. The molecular formula is C16H18BrN3O3. The zero-order valence-corrected chi connectivity index (χ0v) is 14.0. The number of halogens is 1. The summed E-state index contributed by atoms with van der Waals surface area (Å²) in [6, 6.07) is 7.87. The van der Waals surface area contributed by atoms with Crippen molar-refractivity contribution in [3.63, 3.8) is 0 Å².